The number of amides is 1. The van der Waals surface area contributed by atoms with Crippen LogP contribution in [-0.2, 0) is 19.5 Å². The number of aromatic amines is 1. The Morgan fingerprint density at radius 2 is 1.77 bits per heavy atom. The molecule has 1 aliphatic carbocycles. The summed E-state index contributed by atoms with van der Waals surface area (Å²) in [7, 11) is -4.69. The van der Waals surface area contributed by atoms with Gasteiger partial charge in [0.25, 0.3) is 21.6 Å². The minimum absolute atomic E-state index is 0.00169. The monoisotopic (exact) mass is 1020 g/mol. The maximum atomic E-state index is 14.8. The van der Waals surface area contributed by atoms with Gasteiger partial charge in [-0.15, -0.1) is 0 Å². The molecule has 6 aliphatic heterocycles. The molecule has 4 atom stereocenters. The minimum Gasteiger partial charge on any atom is -0.489 e. The molecule has 4 saturated heterocycles. The number of sulfonamides is 1. The number of carbonyl (C=O) groups excluding carboxylic acids is 1. The van der Waals surface area contributed by atoms with E-state index >= 15 is 0 Å². The minimum atomic E-state index is -4.69. The second-order valence-electron chi connectivity index (χ2n) is 21.6. The highest BCUT2D eigenvalue weighted by molar-refractivity contribution is 7.90. The molecule has 0 radical (unpaired) electrons. The van der Waals surface area contributed by atoms with Crippen molar-refractivity contribution in [2.75, 3.05) is 94.0 Å². The molecule has 386 valence electrons. The number of morpholine rings is 1. The lowest BCUT2D eigenvalue weighted by molar-refractivity contribution is -0.384. The highest BCUT2D eigenvalue weighted by atomic mass is 32.2. The van der Waals surface area contributed by atoms with E-state index in [0.717, 1.165) is 62.7 Å². The average molecular weight is 1020 g/mol. The summed E-state index contributed by atoms with van der Waals surface area (Å²) >= 11 is 0. The number of benzene rings is 3. The van der Waals surface area contributed by atoms with E-state index in [1.807, 2.05) is 30.5 Å². The van der Waals surface area contributed by atoms with Crippen LogP contribution < -0.4 is 29.3 Å². The van der Waals surface area contributed by atoms with Gasteiger partial charge >= 0.3 is 0 Å². The lowest BCUT2D eigenvalue weighted by Gasteiger charge is -2.56. The fourth-order valence-electron chi connectivity index (χ4n) is 12.9. The molecule has 8 heterocycles. The Morgan fingerprint density at radius 1 is 0.945 bits per heavy atom. The third kappa shape index (κ3) is 9.25. The summed E-state index contributed by atoms with van der Waals surface area (Å²) in [5.74, 6) is 0.00598. The topological polar surface area (TPSA) is 197 Å². The van der Waals surface area contributed by atoms with Crippen molar-refractivity contribution >= 4 is 55.4 Å². The number of hydrogen-bond donors (Lipinski definition) is 3. The molecule has 1 saturated carbocycles. The Hall–Kier alpha value is -5.99. The zero-order valence-corrected chi connectivity index (χ0v) is 42.4. The number of H-pyrrole nitrogens is 1. The first-order valence-corrected chi connectivity index (χ1v) is 27.7. The van der Waals surface area contributed by atoms with Crippen LogP contribution in [0.1, 0.15) is 92.2 Å². The van der Waals surface area contributed by atoms with Gasteiger partial charge in [0.05, 0.1) is 46.9 Å². The number of nitrogens with zero attached hydrogens (tertiary/aromatic N) is 6. The molecule has 12 rings (SSSR count). The lowest BCUT2D eigenvalue weighted by atomic mass is 9.59. The molecule has 18 nitrogen and oxygen atoms in total. The number of nitro benzene ring substituents is 1. The molecule has 1 spiro atoms. The molecule has 0 bridgehead atoms. The van der Waals surface area contributed by atoms with Crippen LogP contribution in [0, 0.1) is 21.4 Å². The highest BCUT2D eigenvalue weighted by Gasteiger charge is 2.50. The number of fused-ring (bicyclic) bond motifs is 4. The van der Waals surface area contributed by atoms with Gasteiger partial charge in [0.2, 0.25) is 5.88 Å². The van der Waals surface area contributed by atoms with E-state index in [1.165, 1.54) is 42.9 Å². The van der Waals surface area contributed by atoms with Crippen molar-refractivity contribution in [1.82, 2.24) is 24.5 Å². The lowest BCUT2D eigenvalue weighted by Crippen LogP contribution is -2.55. The van der Waals surface area contributed by atoms with Crippen molar-refractivity contribution in [2.45, 2.75) is 93.8 Å². The van der Waals surface area contributed by atoms with E-state index in [-0.39, 0.29) is 47.1 Å². The predicted octanol–water partition coefficient (Wildman–Crippen LogP) is 7.74. The molecule has 5 aromatic rings. The molecule has 3 aromatic carbocycles. The number of nitrogens with one attached hydrogen (secondary N) is 3. The third-order valence-corrected chi connectivity index (χ3v) is 18.1. The zero-order valence-electron chi connectivity index (χ0n) is 41.6. The van der Waals surface area contributed by atoms with Gasteiger partial charge in [-0.1, -0.05) is 38.1 Å². The number of anilines is 4. The summed E-state index contributed by atoms with van der Waals surface area (Å²) < 4.78 is 55.1. The van der Waals surface area contributed by atoms with Crippen molar-refractivity contribution < 1.29 is 37.1 Å². The number of rotatable bonds is 11. The fraction of sp³-hybridized carbons (Fsp3) is 0.519. The Balaban J connectivity index is 0.830. The molecular formula is C54H65N9O9S. The summed E-state index contributed by atoms with van der Waals surface area (Å²) in [6.07, 6.45) is 9.17. The quantitative estimate of drug-likeness (QED) is 0.0858. The molecule has 7 aliphatic rings. The summed E-state index contributed by atoms with van der Waals surface area (Å²) in [6.45, 7) is 12.2. The maximum absolute atomic E-state index is 14.8. The number of nitro groups is 1. The van der Waals surface area contributed by atoms with Crippen LogP contribution in [0.15, 0.2) is 77.8 Å². The Kier molecular flexibility index (Phi) is 12.7. The molecular weight excluding hydrogens is 951 g/mol. The van der Waals surface area contributed by atoms with E-state index in [9.17, 15) is 23.3 Å². The number of likely N-dealkylation sites (tertiary alicyclic amines) is 1. The van der Waals surface area contributed by atoms with Crippen LogP contribution in [0.5, 0.6) is 11.6 Å². The molecule has 0 unspecified atom stereocenters. The first-order chi connectivity index (χ1) is 35.4. The number of ether oxygens (including phenoxy) is 4. The van der Waals surface area contributed by atoms with Crippen LogP contribution in [0.4, 0.5) is 28.4 Å². The van der Waals surface area contributed by atoms with Gasteiger partial charge in [-0.2, -0.15) is 4.98 Å². The van der Waals surface area contributed by atoms with Crippen molar-refractivity contribution in [1.29, 1.82) is 0 Å². The second kappa shape index (κ2) is 19.4. The zero-order chi connectivity index (χ0) is 50.0. The van der Waals surface area contributed by atoms with Gasteiger partial charge in [0.15, 0.2) is 11.4 Å². The molecule has 3 N–H and O–H groups in total. The maximum Gasteiger partial charge on any atom is 0.297 e. The fourth-order valence-corrected chi connectivity index (χ4v) is 13.9. The Bertz CT molecular complexity index is 3020. The van der Waals surface area contributed by atoms with E-state index in [4.69, 9.17) is 23.9 Å². The first-order valence-electron chi connectivity index (χ1n) is 26.2. The molecule has 1 amide bonds. The van der Waals surface area contributed by atoms with Crippen molar-refractivity contribution in [2.24, 2.45) is 11.3 Å². The van der Waals surface area contributed by atoms with Gasteiger partial charge in [0, 0.05) is 93.3 Å². The van der Waals surface area contributed by atoms with Crippen LogP contribution >= 0.6 is 0 Å². The normalized spacial score (nSPS) is 24.4. The summed E-state index contributed by atoms with van der Waals surface area (Å²) in [5, 5.41) is 16.6. The largest absolute Gasteiger partial charge is 0.489 e. The van der Waals surface area contributed by atoms with Crippen LogP contribution in [0.25, 0.3) is 11.0 Å². The summed E-state index contributed by atoms with van der Waals surface area (Å²) in [6, 6.07) is 21.6. The SMILES string of the molecule is CC(C)c1ccccc1[C@@H]1CCCN1C1CC2(CCN(c3ccc(C(=O)NS(=O)(=O)c4cc5c(c([N+](=O)[O-])c4)N[C@H](CN4CCOCC4)CO5)c(N4C[C@H]5CCOC[C@@H]5Oc5nc6[nH]ccc6cc54)c3)CC2)C1. The highest BCUT2D eigenvalue weighted by Crippen LogP contribution is 2.55. The van der Waals surface area contributed by atoms with Gasteiger partial charge in [-0.3, -0.25) is 24.7 Å². The van der Waals surface area contributed by atoms with Gasteiger partial charge in [0.1, 0.15) is 24.0 Å². The van der Waals surface area contributed by atoms with E-state index < -0.39 is 31.4 Å². The number of pyridine rings is 1. The van der Waals surface area contributed by atoms with E-state index in [0.29, 0.717) is 86.8 Å². The van der Waals surface area contributed by atoms with Crippen LogP contribution in [0.3, 0.4) is 0 Å². The number of carbonyl (C=O) groups is 1. The van der Waals surface area contributed by atoms with Gasteiger partial charge in [-0.05, 0) is 104 Å². The standard InChI is InChI=1S/C54H65N9O9S/c1-34(2)41-6-3-4-7-42(41)44-8-5-16-61(44)39-28-54(29-39)13-17-60(18-14-54)38-9-10-43(45(25-38)62-30-36-12-21-70-33-49(36)72-53-47(62)24-35-11-15-55-51(35)57-53)52(64)58-73(67,68)40-26-46(63(65)66)50-48(27-40)71-32-37(56-50)31-59-19-22-69-23-20-59/h3-4,6-7,9-11,15,24-27,34,36-37,39,44,49,56H,5,8,12-14,16-23,28-33H2,1-2H3,(H,55,57)(H,58,64)/t36-,37-,44+,49+/m1/s1. The average Bonchev–Trinajstić information content (AvgIpc) is 4.04. The predicted molar refractivity (Wildman–Crippen MR) is 277 cm³/mol. The number of hydrogen-bond acceptors (Lipinski definition) is 15. The van der Waals surface area contributed by atoms with Crippen LogP contribution in [0.2, 0.25) is 0 Å². The molecule has 5 fully saturated rings. The van der Waals surface area contributed by atoms with E-state index in [2.05, 4.69) is 72.7 Å². The van der Waals surface area contributed by atoms with Crippen molar-refractivity contribution in [3.8, 4) is 11.6 Å². The molecule has 19 heteroatoms. The second-order valence-corrected chi connectivity index (χ2v) is 23.3. The van der Waals surface area contributed by atoms with Gasteiger partial charge in [-0.25, -0.2) is 13.1 Å². The van der Waals surface area contributed by atoms with Gasteiger partial charge < -0.3 is 39.0 Å². The van der Waals surface area contributed by atoms with Crippen molar-refractivity contribution in [3.05, 3.63) is 99.7 Å². The molecule has 2 aromatic heterocycles. The summed E-state index contributed by atoms with van der Waals surface area (Å²) in [4.78, 5) is 43.8. The number of piperidine rings is 1. The van der Waals surface area contributed by atoms with Crippen molar-refractivity contribution in [3.63, 3.8) is 0 Å². The third-order valence-electron chi connectivity index (χ3n) is 16.8. The Morgan fingerprint density at radius 3 is 2.58 bits per heavy atom. The van der Waals surface area contributed by atoms with Crippen LogP contribution in [-0.4, -0.2) is 136 Å². The smallest absolute Gasteiger partial charge is 0.297 e. The van der Waals surface area contributed by atoms with E-state index in [1.54, 1.807) is 6.07 Å². The number of aromatic nitrogens is 2. The Labute approximate surface area is 425 Å². The summed E-state index contributed by atoms with van der Waals surface area (Å²) in [5.41, 5.74) is 5.72. The first kappa shape index (κ1) is 48.0. The molecule has 73 heavy (non-hydrogen) atoms.